The van der Waals surface area contributed by atoms with Gasteiger partial charge in [-0.2, -0.15) is 18.3 Å². The van der Waals surface area contributed by atoms with Crippen LogP contribution in [0, 0.1) is 5.82 Å². The molecule has 0 bridgehead atoms. The van der Waals surface area contributed by atoms with Gasteiger partial charge in [0.05, 0.1) is 6.20 Å². The van der Waals surface area contributed by atoms with E-state index < -0.39 is 23.6 Å². The van der Waals surface area contributed by atoms with Crippen molar-refractivity contribution in [3.63, 3.8) is 0 Å². The van der Waals surface area contributed by atoms with E-state index >= 15 is 4.39 Å². The fourth-order valence-electron chi connectivity index (χ4n) is 3.28. The van der Waals surface area contributed by atoms with E-state index in [1.165, 1.54) is 18.2 Å². The van der Waals surface area contributed by atoms with Gasteiger partial charge >= 0.3 is 6.18 Å². The maximum Gasteiger partial charge on any atom is 0.433 e. The third kappa shape index (κ3) is 3.96. The number of aryl methyl sites for hydroxylation is 1. The number of alkyl halides is 3. The van der Waals surface area contributed by atoms with Crippen LogP contribution in [0.15, 0.2) is 48.9 Å². The summed E-state index contributed by atoms with van der Waals surface area (Å²) in [6.45, 7) is 0. The summed E-state index contributed by atoms with van der Waals surface area (Å²) in [7, 11) is 1.72. The van der Waals surface area contributed by atoms with E-state index in [0.717, 1.165) is 12.3 Å². The number of nitrogens with zero attached hydrogens (tertiary/aromatic N) is 4. The molecule has 4 aromatic rings. The molecule has 1 aromatic carbocycles. The Morgan fingerprint density at radius 1 is 1.16 bits per heavy atom. The molecule has 10 heteroatoms. The number of hydrogen-bond donors (Lipinski definition) is 1. The Morgan fingerprint density at radius 2 is 1.94 bits per heavy atom. The van der Waals surface area contributed by atoms with Crippen molar-refractivity contribution in [3.8, 4) is 11.1 Å². The molecule has 158 valence electrons. The van der Waals surface area contributed by atoms with E-state index in [4.69, 9.17) is 5.73 Å². The van der Waals surface area contributed by atoms with Crippen molar-refractivity contribution >= 4 is 16.8 Å². The largest absolute Gasteiger partial charge is 0.433 e. The van der Waals surface area contributed by atoms with Crippen molar-refractivity contribution in [2.75, 3.05) is 0 Å². The van der Waals surface area contributed by atoms with Crippen LogP contribution in [-0.2, 0) is 19.6 Å². The van der Waals surface area contributed by atoms with Crippen LogP contribution in [0.25, 0.3) is 22.0 Å². The Bertz CT molecular complexity index is 1300. The highest BCUT2D eigenvalue weighted by molar-refractivity contribution is 6.01. The van der Waals surface area contributed by atoms with E-state index in [1.807, 2.05) is 0 Å². The van der Waals surface area contributed by atoms with Gasteiger partial charge in [0.15, 0.2) is 5.82 Å². The second-order valence-electron chi connectivity index (χ2n) is 6.98. The van der Waals surface area contributed by atoms with Crippen LogP contribution in [0.1, 0.15) is 27.3 Å². The minimum atomic E-state index is -4.55. The van der Waals surface area contributed by atoms with Crippen LogP contribution in [0.2, 0.25) is 0 Å². The van der Waals surface area contributed by atoms with Gasteiger partial charge in [0.1, 0.15) is 16.9 Å². The zero-order chi connectivity index (χ0) is 22.3. The quantitative estimate of drug-likeness (QED) is 0.499. The van der Waals surface area contributed by atoms with Gasteiger partial charge in [-0.3, -0.25) is 14.5 Å². The second-order valence-corrected chi connectivity index (χ2v) is 6.98. The Balaban J connectivity index is 1.80. The normalized spacial score (nSPS) is 11.8. The summed E-state index contributed by atoms with van der Waals surface area (Å²) in [6, 6.07) is 6.73. The molecular weight excluding hydrogens is 414 g/mol. The third-order valence-corrected chi connectivity index (χ3v) is 4.78. The topological polar surface area (TPSA) is 86.7 Å². The van der Waals surface area contributed by atoms with Crippen molar-refractivity contribution in [2.45, 2.75) is 12.6 Å². The number of hydrogen-bond acceptors (Lipinski definition) is 4. The lowest BCUT2D eigenvalue weighted by atomic mass is 9.98. The summed E-state index contributed by atoms with van der Waals surface area (Å²) in [5, 5.41) is 4.54. The number of carbonyl (C=O) groups excluding carboxylic acids is 1. The van der Waals surface area contributed by atoms with Crippen molar-refractivity contribution in [1.82, 2.24) is 19.7 Å². The molecule has 2 N–H and O–H groups in total. The van der Waals surface area contributed by atoms with E-state index in [1.54, 1.807) is 30.2 Å². The Kier molecular flexibility index (Phi) is 4.92. The molecule has 0 saturated carbocycles. The molecule has 0 fully saturated rings. The molecule has 0 aliphatic rings. The summed E-state index contributed by atoms with van der Waals surface area (Å²) < 4.78 is 55.0. The first-order chi connectivity index (χ1) is 14.6. The molecule has 4 rings (SSSR count). The molecule has 6 nitrogen and oxygen atoms in total. The monoisotopic (exact) mass is 429 g/mol. The first kappa shape index (κ1) is 20.5. The van der Waals surface area contributed by atoms with Crippen molar-refractivity contribution in [2.24, 2.45) is 12.8 Å². The molecular formula is C21H15F4N5O. The number of rotatable bonds is 4. The molecule has 0 radical (unpaired) electrons. The summed E-state index contributed by atoms with van der Waals surface area (Å²) in [5.74, 6) is -1.51. The fraction of sp³-hybridized carbons (Fsp3) is 0.143. The van der Waals surface area contributed by atoms with Crippen LogP contribution < -0.4 is 5.73 Å². The number of halogens is 4. The van der Waals surface area contributed by atoms with Crippen LogP contribution >= 0.6 is 0 Å². The number of amides is 1. The van der Waals surface area contributed by atoms with Crippen LogP contribution in [-0.4, -0.2) is 25.7 Å². The summed E-state index contributed by atoms with van der Waals surface area (Å²) in [5.41, 5.74) is 5.95. The van der Waals surface area contributed by atoms with Gasteiger partial charge in [0, 0.05) is 36.8 Å². The Hall–Kier alpha value is -3.82. The first-order valence-electron chi connectivity index (χ1n) is 9.06. The number of fused-ring (bicyclic) bond motifs is 1. The number of carbonyl (C=O) groups is 1. The lowest BCUT2D eigenvalue weighted by molar-refractivity contribution is -0.141. The van der Waals surface area contributed by atoms with E-state index in [-0.39, 0.29) is 23.2 Å². The van der Waals surface area contributed by atoms with Gasteiger partial charge < -0.3 is 5.73 Å². The van der Waals surface area contributed by atoms with E-state index in [9.17, 15) is 18.0 Å². The molecule has 0 spiro atoms. The lowest BCUT2D eigenvalue weighted by Gasteiger charge is -2.11. The molecule has 0 saturated heterocycles. The van der Waals surface area contributed by atoms with Gasteiger partial charge in [-0.25, -0.2) is 9.37 Å². The number of benzene rings is 1. The van der Waals surface area contributed by atoms with Crippen LogP contribution in [0.3, 0.4) is 0 Å². The fourth-order valence-corrected chi connectivity index (χ4v) is 3.28. The molecule has 0 aliphatic carbocycles. The van der Waals surface area contributed by atoms with E-state index in [0.29, 0.717) is 22.1 Å². The number of nitrogens with two attached hydrogens (primary N) is 1. The molecule has 0 atom stereocenters. The molecule has 31 heavy (non-hydrogen) atoms. The number of pyridine rings is 2. The smallest absolute Gasteiger partial charge is 0.364 e. The lowest BCUT2D eigenvalue weighted by Crippen LogP contribution is -2.13. The summed E-state index contributed by atoms with van der Waals surface area (Å²) in [4.78, 5) is 19.2. The van der Waals surface area contributed by atoms with Gasteiger partial charge in [0.2, 0.25) is 0 Å². The van der Waals surface area contributed by atoms with Crippen molar-refractivity contribution in [1.29, 1.82) is 0 Å². The van der Waals surface area contributed by atoms with Gasteiger partial charge in [-0.15, -0.1) is 0 Å². The number of aromatic nitrogens is 4. The molecule has 3 heterocycles. The number of primary amides is 1. The minimum absolute atomic E-state index is 0.00237. The highest BCUT2D eigenvalue weighted by atomic mass is 19.4. The average Bonchev–Trinajstić information content (AvgIpc) is 3.15. The molecule has 0 unspecified atom stereocenters. The highest BCUT2D eigenvalue weighted by Gasteiger charge is 2.32. The zero-order valence-corrected chi connectivity index (χ0v) is 16.1. The Morgan fingerprint density at radius 3 is 2.52 bits per heavy atom. The standard InChI is InChI=1S/C21H15F4N5O/c1-30-10-13(9-28-30)15-7-16(20(26)31)29-19-14(15)4-3-12(18(19)22)6-11-2-5-17(27-8-11)21(23,24)25/h2-5,7-10H,6H2,1H3,(H2,26,31). The van der Waals surface area contributed by atoms with Crippen LogP contribution in [0.4, 0.5) is 17.6 Å². The zero-order valence-electron chi connectivity index (χ0n) is 16.1. The highest BCUT2D eigenvalue weighted by Crippen LogP contribution is 2.32. The maximum absolute atomic E-state index is 15.3. The minimum Gasteiger partial charge on any atom is -0.364 e. The van der Waals surface area contributed by atoms with E-state index in [2.05, 4.69) is 15.1 Å². The van der Waals surface area contributed by atoms with Crippen LogP contribution in [0.5, 0.6) is 0 Å². The Labute approximate surface area is 173 Å². The van der Waals surface area contributed by atoms with Gasteiger partial charge in [0.25, 0.3) is 5.91 Å². The summed E-state index contributed by atoms with van der Waals surface area (Å²) >= 11 is 0. The maximum atomic E-state index is 15.3. The van der Waals surface area contributed by atoms with Crippen molar-refractivity contribution < 1.29 is 22.4 Å². The third-order valence-electron chi connectivity index (χ3n) is 4.78. The summed E-state index contributed by atoms with van der Waals surface area (Å²) in [6.07, 6.45) is -0.221. The first-order valence-corrected chi connectivity index (χ1v) is 9.06. The molecule has 1 amide bonds. The predicted octanol–water partition coefficient (Wildman–Crippen LogP) is 3.88. The SMILES string of the molecule is Cn1cc(-c2cc(C(N)=O)nc3c(F)c(Cc4ccc(C(F)(F)F)nc4)ccc23)cn1. The van der Waals surface area contributed by atoms with Gasteiger partial charge in [-0.05, 0) is 28.8 Å². The average molecular weight is 429 g/mol. The molecule has 0 aliphatic heterocycles. The predicted molar refractivity (Wildman–Crippen MR) is 104 cm³/mol. The van der Waals surface area contributed by atoms with Crippen molar-refractivity contribution in [3.05, 3.63) is 77.3 Å². The second kappa shape index (κ2) is 7.46. The van der Waals surface area contributed by atoms with Gasteiger partial charge in [-0.1, -0.05) is 18.2 Å². The molecule has 3 aromatic heterocycles.